The lowest BCUT2D eigenvalue weighted by Gasteiger charge is -2.33. The average Bonchev–Trinajstić information content (AvgIpc) is 3.63. The van der Waals surface area contributed by atoms with Gasteiger partial charge in [-0.25, -0.2) is 4.79 Å². The van der Waals surface area contributed by atoms with Crippen LogP contribution in [0.4, 0.5) is 0 Å². The zero-order chi connectivity index (χ0) is 42.9. The van der Waals surface area contributed by atoms with Crippen molar-refractivity contribution in [3.05, 3.63) is 29.8 Å². The number of hydrogen-bond acceptors (Lipinski definition) is 10. The van der Waals surface area contributed by atoms with E-state index in [9.17, 15) is 39.0 Å². The molecule has 0 radical (unpaired) electrons. The number of aromatic hydroxyl groups is 1. The molecule has 18 heteroatoms. The topological polar surface area (TPSA) is 297 Å². The van der Waals surface area contributed by atoms with E-state index in [0.29, 0.717) is 63.6 Å². The van der Waals surface area contributed by atoms with Crippen LogP contribution in [0.5, 0.6) is 5.75 Å². The van der Waals surface area contributed by atoms with E-state index in [1.807, 2.05) is 13.8 Å². The first-order chi connectivity index (χ1) is 26.8. The molecular weight excluding hydrogens is 736 g/mol. The van der Waals surface area contributed by atoms with E-state index < -0.39 is 77.2 Å². The van der Waals surface area contributed by atoms with Crippen molar-refractivity contribution >= 4 is 41.5 Å². The van der Waals surface area contributed by atoms with Crippen LogP contribution in [0.25, 0.3) is 0 Å². The molecule has 1 saturated heterocycles. The van der Waals surface area contributed by atoms with Gasteiger partial charge in [-0.15, -0.1) is 0 Å². The molecule has 13 N–H and O–H groups in total. The fourth-order valence-corrected chi connectivity index (χ4v) is 6.65. The van der Waals surface area contributed by atoms with Crippen molar-refractivity contribution in [1.82, 2.24) is 31.5 Å². The van der Waals surface area contributed by atoms with Gasteiger partial charge in [-0.1, -0.05) is 46.8 Å². The molecule has 0 aliphatic carbocycles. The number of carbonyl (C=O) groups excluding carboxylic acids is 5. The summed E-state index contributed by atoms with van der Waals surface area (Å²) in [6.45, 7) is 9.80. The molecule has 1 aromatic rings. The molecule has 0 saturated carbocycles. The number of amides is 5. The predicted octanol–water partition coefficient (Wildman–Crippen LogP) is -0.188. The number of carbonyl (C=O) groups is 6. The van der Waals surface area contributed by atoms with Crippen LogP contribution in [0.1, 0.15) is 91.5 Å². The number of likely N-dealkylation sites (N-methyl/N-ethyl adjacent to an activating group) is 1. The Bertz CT molecular complexity index is 1530. The maximum atomic E-state index is 14.2. The lowest BCUT2D eigenvalue weighted by atomic mass is 9.85. The summed E-state index contributed by atoms with van der Waals surface area (Å²) < 4.78 is 0. The van der Waals surface area contributed by atoms with Crippen LogP contribution in [0.15, 0.2) is 29.3 Å². The van der Waals surface area contributed by atoms with Gasteiger partial charge < -0.3 is 58.9 Å². The number of unbranched alkanes of at least 4 members (excludes halogenated alkanes) is 1. The minimum Gasteiger partial charge on any atom is -0.508 e. The van der Waals surface area contributed by atoms with E-state index in [2.05, 4.69) is 31.6 Å². The molecule has 1 aromatic carbocycles. The highest BCUT2D eigenvalue weighted by Gasteiger charge is 2.41. The summed E-state index contributed by atoms with van der Waals surface area (Å²) >= 11 is 0. The number of hydrogen-bond donors (Lipinski definition) is 10. The van der Waals surface area contributed by atoms with Crippen molar-refractivity contribution in [2.24, 2.45) is 33.5 Å². The lowest BCUT2D eigenvalue weighted by Crippen LogP contribution is -2.61. The van der Waals surface area contributed by atoms with Crippen molar-refractivity contribution < 1.29 is 39.0 Å². The quantitative estimate of drug-likeness (QED) is 0.0392. The van der Waals surface area contributed by atoms with E-state index in [1.165, 1.54) is 17.0 Å². The second-order valence-corrected chi connectivity index (χ2v) is 16.1. The van der Waals surface area contributed by atoms with Crippen LogP contribution >= 0.6 is 0 Å². The number of likely N-dealkylation sites (tertiary alicyclic amines) is 1. The molecule has 6 atom stereocenters. The first-order valence-corrected chi connectivity index (χ1v) is 19.7. The molecule has 57 heavy (non-hydrogen) atoms. The number of nitrogens with zero attached hydrogens (tertiary/aromatic N) is 2. The molecule has 2 rings (SSSR count). The van der Waals surface area contributed by atoms with Crippen LogP contribution < -0.4 is 43.8 Å². The Labute approximate surface area is 335 Å². The number of phenolic OH excluding ortho intramolecular Hbond substituents is 1. The van der Waals surface area contributed by atoms with Crippen LogP contribution in [0.2, 0.25) is 0 Å². The summed E-state index contributed by atoms with van der Waals surface area (Å²) in [4.78, 5) is 86.7. The lowest BCUT2D eigenvalue weighted by molar-refractivity contribution is -0.143. The van der Waals surface area contributed by atoms with Gasteiger partial charge in [-0.05, 0) is 94.0 Å². The second-order valence-electron chi connectivity index (χ2n) is 16.1. The van der Waals surface area contributed by atoms with Gasteiger partial charge in [0.2, 0.25) is 29.5 Å². The molecule has 18 nitrogen and oxygen atoms in total. The average molecular weight is 803 g/mol. The SMILES string of the molecule is CN[C@@H](CCCN=C(N)N)C(=O)N[C@@H](CCCCN)C(=O)N1CCC[C@H]1C(=O)N[C@@H](Cc1ccc(O)cc1)C(=O)N[C@H](C(=O)N[C@@H](CC(C)C)C(=O)O)C(C)(C)C. The smallest absolute Gasteiger partial charge is 0.326 e. The molecule has 0 unspecified atom stereocenters. The molecule has 1 heterocycles. The van der Waals surface area contributed by atoms with Crippen LogP contribution in [-0.2, 0) is 35.2 Å². The van der Waals surface area contributed by atoms with Gasteiger partial charge in [0.15, 0.2) is 5.96 Å². The van der Waals surface area contributed by atoms with Crippen molar-refractivity contribution in [1.29, 1.82) is 0 Å². The molecule has 5 amide bonds. The van der Waals surface area contributed by atoms with E-state index in [1.54, 1.807) is 40.0 Å². The van der Waals surface area contributed by atoms with Gasteiger partial charge in [0, 0.05) is 19.5 Å². The number of aliphatic carboxylic acids is 1. The highest BCUT2D eigenvalue weighted by molar-refractivity contribution is 5.97. The van der Waals surface area contributed by atoms with E-state index >= 15 is 0 Å². The minimum absolute atomic E-state index is 0.00263. The van der Waals surface area contributed by atoms with Gasteiger partial charge in [-0.2, -0.15) is 0 Å². The summed E-state index contributed by atoms with van der Waals surface area (Å²) in [6.07, 6.45) is 3.32. The highest BCUT2D eigenvalue weighted by Crippen LogP contribution is 2.23. The zero-order valence-electron chi connectivity index (χ0n) is 34.3. The number of guanidine groups is 1. The van der Waals surface area contributed by atoms with E-state index in [-0.39, 0.29) is 37.0 Å². The van der Waals surface area contributed by atoms with Crippen molar-refractivity contribution in [3.63, 3.8) is 0 Å². The number of phenols is 1. The first-order valence-electron chi connectivity index (χ1n) is 19.7. The van der Waals surface area contributed by atoms with E-state index in [4.69, 9.17) is 17.2 Å². The Balaban J connectivity index is 2.36. The Morgan fingerprint density at radius 3 is 2.04 bits per heavy atom. The van der Waals surface area contributed by atoms with Gasteiger partial charge in [0.1, 0.15) is 36.0 Å². The molecule has 0 aromatic heterocycles. The van der Waals surface area contributed by atoms with Crippen molar-refractivity contribution in [2.45, 2.75) is 129 Å². The molecular formula is C39H66N10O8. The number of rotatable bonds is 23. The maximum absolute atomic E-state index is 14.2. The molecule has 1 fully saturated rings. The Morgan fingerprint density at radius 1 is 0.860 bits per heavy atom. The Morgan fingerprint density at radius 2 is 1.47 bits per heavy atom. The maximum Gasteiger partial charge on any atom is 0.326 e. The highest BCUT2D eigenvalue weighted by atomic mass is 16.4. The summed E-state index contributed by atoms with van der Waals surface area (Å²) in [7, 11) is 1.64. The number of nitrogens with two attached hydrogens (primary N) is 3. The molecule has 0 bridgehead atoms. The summed E-state index contributed by atoms with van der Waals surface area (Å²) in [6, 6.07) is -0.0707. The minimum atomic E-state index is -1.24. The van der Waals surface area contributed by atoms with Crippen LogP contribution in [0.3, 0.4) is 0 Å². The van der Waals surface area contributed by atoms with Gasteiger partial charge in [0.05, 0.1) is 6.04 Å². The number of aliphatic imine (C=N–C) groups is 1. The third-order valence-electron chi connectivity index (χ3n) is 9.76. The third kappa shape index (κ3) is 16.2. The van der Waals surface area contributed by atoms with Crippen molar-refractivity contribution in [2.75, 3.05) is 26.7 Å². The summed E-state index contributed by atoms with van der Waals surface area (Å²) in [5, 5.41) is 33.6. The number of nitrogens with one attached hydrogen (secondary N) is 5. The van der Waals surface area contributed by atoms with E-state index in [0.717, 1.165) is 0 Å². The van der Waals surface area contributed by atoms with Gasteiger partial charge in [-0.3, -0.25) is 29.0 Å². The second kappa shape index (κ2) is 23.3. The number of carboxylic acid groups (broad SMARTS) is 1. The largest absolute Gasteiger partial charge is 0.508 e. The fourth-order valence-electron chi connectivity index (χ4n) is 6.65. The Hall–Kier alpha value is -4.97. The molecule has 320 valence electrons. The standard InChI is InChI=1S/C39H66N10O8/c1-23(2)21-29(37(56)57)47-35(54)31(39(3,4)5)48-33(52)28(22-24-14-16-25(50)17-15-24)46-34(53)30-13-10-20-49(30)36(55)27(11-7-8-18-40)45-32(51)26(43-6)12-9-19-44-38(41)42/h14-17,23,26-31,43,50H,7-13,18-22,40H2,1-6H3,(H,45,51)(H,46,53)(H,47,54)(H,48,52)(H,56,57)(H4,41,42,44)/t26-,27-,28-,29-,30-,31+/m0/s1. The summed E-state index contributed by atoms with van der Waals surface area (Å²) in [5.41, 5.74) is 16.3. The van der Waals surface area contributed by atoms with Gasteiger partial charge in [0.25, 0.3) is 0 Å². The van der Waals surface area contributed by atoms with Crippen LogP contribution in [-0.4, -0.2) is 120 Å². The van der Waals surface area contributed by atoms with Gasteiger partial charge >= 0.3 is 5.97 Å². The predicted molar refractivity (Wildman–Crippen MR) is 216 cm³/mol. The molecule has 0 spiro atoms. The first kappa shape index (κ1) is 48.2. The third-order valence-corrected chi connectivity index (χ3v) is 9.76. The normalized spacial score (nSPS) is 16.8. The number of carboxylic acids is 1. The zero-order valence-corrected chi connectivity index (χ0v) is 34.3. The van der Waals surface area contributed by atoms with Crippen LogP contribution in [0, 0.1) is 11.3 Å². The van der Waals surface area contributed by atoms with Crippen molar-refractivity contribution in [3.8, 4) is 5.75 Å². The number of benzene rings is 1. The Kier molecular flexibility index (Phi) is 19.7. The fraction of sp³-hybridized carbons (Fsp3) is 0.667. The monoisotopic (exact) mass is 803 g/mol. The molecule has 1 aliphatic heterocycles. The molecule has 1 aliphatic rings. The summed E-state index contributed by atoms with van der Waals surface area (Å²) in [5.74, 6) is -4.11.